The zero-order chi connectivity index (χ0) is 12.8. The van der Waals surface area contributed by atoms with Gasteiger partial charge in [-0.05, 0) is 37.1 Å². The third-order valence-electron chi connectivity index (χ3n) is 2.90. The first-order valence-corrected chi connectivity index (χ1v) is 6.56. The molecule has 0 amide bonds. The Kier molecular flexibility index (Phi) is 5.05. The van der Waals surface area contributed by atoms with Crippen LogP contribution in [0, 0.1) is 0 Å². The molecule has 1 aromatic carbocycles. The molecule has 1 N–H and O–H groups in total. The van der Waals surface area contributed by atoms with Gasteiger partial charge in [-0.3, -0.25) is 0 Å². The standard InChI is InChI=1S/C14H18ClNO2/c1-17-9-5-4-8-16-10-12-11-6-2-3-7-13(11)18-14(12)15/h2-3,6-7,16H,4-5,8-10H2,1H3. The summed E-state index contributed by atoms with van der Waals surface area (Å²) in [5.41, 5.74) is 1.89. The van der Waals surface area contributed by atoms with E-state index in [1.54, 1.807) is 7.11 Å². The molecule has 0 fully saturated rings. The van der Waals surface area contributed by atoms with Crippen LogP contribution < -0.4 is 5.32 Å². The summed E-state index contributed by atoms with van der Waals surface area (Å²) in [6.45, 7) is 2.51. The highest BCUT2D eigenvalue weighted by Crippen LogP contribution is 2.29. The Bertz CT molecular complexity index is 495. The molecule has 0 spiro atoms. The van der Waals surface area contributed by atoms with Gasteiger partial charge in [-0.15, -0.1) is 0 Å². The zero-order valence-corrected chi connectivity index (χ0v) is 11.3. The largest absolute Gasteiger partial charge is 0.444 e. The van der Waals surface area contributed by atoms with Crippen molar-refractivity contribution in [2.75, 3.05) is 20.3 Å². The van der Waals surface area contributed by atoms with E-state index in [9.17, 15) is 0 Å². The van der Waals surface area contributed by atoms with Crippen molar-refractivity contribution in [2.45, 2.75) is 19.4 Å². The molecule has 0 saturated carbocycles. The SMILES string of the molecule is COCCCCNCc1c(Cl)oc2ccccc12. The molecule has 2 rings (SSSR count). The number of ether oxygens (including phenoxy) is 1. The highest BCUT2D eigenvalue weighted by Gasteiger charge is 2.10. The van der Waals surface area contributed by atoms with Crippen LogP contribution in [0.1, 0.15) is 18.4 Å². The number of hydrogen-bond acceptors (Lipinski definition) is 3. The Hall–Kier alpha value is -1.03. The summed E-state index contributed by atoms with van der Waals surface area (Å²) in [4.78, 5) is 0. The molecule has 0 aliphatic heterocycles. The summed E-state index contributed by atoms with van der Waals surface area (Å²) in [5.74, 6) is 0. The maximum absolute atomic E-state index is 6.10. The number of para-hydroxylation sites is 1. The predicted molar refractivity (Wildman–Crippen MR) is 74.0 cm³/mol. The molecule has 0 unspecified atom stereocenters. The number of fused-ring (bicyclic) bond motifs is 1. The van der Waals surface area contributed by atoms with Crippen LogP contribution in [-0.4, -0.2) is 20.3 Å². The lowest BCUT2D eigenvalue weighted by Crippen LogP contribution is -2.15. The normalized spacial score (nSPS) is 11.2. The molecule has 2 aromatic rings. The van der Waals surface area contributed by atoms with Crippen LogP contribution in [0.2, 0.25) is 5.22 Å². The Morgan fingerprint density at radius 3 is 2.94 bits per heavy atom. The van der Waals surface area contributed by atoms with Gasteiger partial charge in [0.05, 0.1) is 0 Å². The van der Waals surface area contributed by atoms with Crippen molar-refractivity contribution in [3.05, 3.63) is 35.0 Å². The number of methoxy groups -OCH3 is 1. The topological polar surface area (TPSA) is 34.4 Å². The molecule has 3 nitrogen and oxygen atoms in total. The van der Waals surface area contributed by atoms with Gasteiger partial charge >= 0.3 is 0 Å². The van der Waals surface area contributed by atoms with Crippen LogP contribution in [0.25, 0.3) is 11.0 Å². The van der Waals surface area contributed by atoms with Crippen molar-refractivity contribution in [2.24, 2.45) is 0 Å². The molecule has 0 radical (unpaired) electrons. The molecule has 1 aromatic heterocycles. The van der Waals surface area contributed by atoms with Crippen molar-refractivity contribution < 1.29 is 9.15 Å². The molecular weight excluding hydrogens is 250 g/mol. The number of rotatable bonds is 7. The van der Waals surface area contributed by atoms with Gasteiger partial charge in [0.25, 0.3) is 0 Å². The number of halogens is 1. The van der Waals surface area contributed by atoms with Crippen LogP contribution in [0.15, 0.2) is 28.7 Å². The van der Waals surface area contributed by atoms with Crippen LogP contribution in [-0.2, 0) is 11.3 Å². The quantitative estimate of drug-likeness (QED) is 0.779. The number of nitrogens with one attached hydrogen (secondary N) is 1. The van der Waals surface area contributed by atoms with Gasteiger partial charge < -0.3 is 14.5 Å². The minimum Gasteiger partial charge on any atom is -0.444 e. The minimum absolute atomic E-state index is 0.487. The van der Waals surface area contributed by atoms with Gasteiger partial charge in [-0.25, -0.2) is 0 Å². The zero-order valence-electron chi connectivity index (χ0n) is 10.5. The fourth-order valence-corrected chi connectivity index (χ4v) is 2.20. The van der Waals surface area contributed by atoms with Crippen molar-refractivity contribution in [3.8, 4) is 0 Å². The second-order valence-electron chi connectivity index (χ2n) is 4.23. The van der Waals surface area contributed by atoms with Crippen molar-refractivity contribution in [3.63, 3.8) is 0 Å². The fraction of sp³-hybridized carbons (Fsp3) is 0.429. The summed E-state index contributed by atoms with van der Waals surface area (Å²) >= 11 is 6.10. The number of benzene rings is 1. The molecule has 0 aliphatic carbocycles. The number of hydrogen-bond donors (Lipinski definition) is 1. The van der Waals surface area contributed by atoms with E-state index < -0.39 is 0 Å². The first kappa shape index (κ1) is 13.4. The van der Waals surface area contributed by atoms with E-state index in [1.165, 1.54) is 0 Å². The molecule has 0 saturated heterocycles. The Morgan fingerprint density at radius 2 is 2.11 bits per heavy atom. The third-order valence-corrected chi connectivity index (χ3v) is 3.21. The van der Waals surface area contributed by atoms with Crippen LogP contribution >= 0.6 is 11.6 Å². The fourth-order valence-electron chi connectivity index (χ4n) is 1.94. The Balaban J connectivity index is 1.89. The van der Waals surface area contributed by atoms with Gasteiger partial charge in [0.2, 0.25) is 0 Å². The molecule has 18 heavy (non-hydrogen) atoms. The molecule has 0 bridgehead atoms. The summed E-state index contributed by atoms with van der Waals surface area (Å²) in [5, 5.41) is 4.96. The number of furan rings is 1. The highest BCUT2D eigenvalue weighted by atomic mass is 35.5. The average molecular weight is 268 g/mol. The predicted octanol–water partition coefficient (Wildman–Crippen LogP) is 3.60. The maximum atomic E-state index is 6.10. The van der Waals surface area contributed by atoms with Gasteiger partial charge in [-0.1, -0.05) is 18.2 Å². The summed E-state index contributed by atoms with van der Waals surface area (Å²) in [6, 6.07) is 7.91. The van der Waals surface area contributed by atoms with E-state index in [-0.39, 0.29) is 0 Å². The van der Waals surface area contributed by atoms with Crippen molar-refractivity contribution in [1.29, 1.82) is 0 Å². The van der Waals surface area contributed by atoms with Crippen LogP contribution in [0.3, 0.4) is 0 Å². The highest BCUT2D eigenvalue weighted by molar-refractivity contribution is 6.30. The monoisotopic (exact) mass is 267 g/mol. The van der Waals surface area contributed by atoms with Crippen LogP contribution in [0.5, 0.6) is 0 Å². The second kappa shape index (κ2) is 6.78. The summed E-state index contributed by atoms with van der Waals surface area (Å²) < 4.78 is 10.5. The average Bonchev–Trinajstić information content (AvgIpc) is 2.70. The van der Waals surface area contributed by atoms with E-state index in [4.69, 9.17) is 20.8 Å². The van der Waals surface area contributed by atoms with Crippen molar-refractivity contribution >= 4 is 22.6 Å². The Labute approximate surface area is 112 Å². The first-order chi connectivity index (χ1) is 8.83. The summed E-state index contributed by atoms with van der Waals surface area (Å²) in [7, 11) is 1.73. The lowest BCUT2D eigenvalue weighted by atomic mass is 10.2. The van der Waals surface area contributed by atoms with Gasteiger partial charge in [0.15, 0.2) is 5.22 Å². The third kappa shape index (κ3) is 3.25. The van der Waals surface area contributed by atoms with E-state index in [2.05, 4.69) is 5.32 Å². The van der Waals surface area contributed by atoms with Gasteiger partial charge in [-0.2, -0.15) is 0 Å². The molecule has 0 aliphatic rings. The van der Waals surface area contributed by atoms with E-state index >= 15 is 0 Å². The van der Waals surface area contributed by atoms with Crippen molar-refractivity contribution in [1.82, 2.24) is 5.32 Å². The molecule has 1 heterocycles. The molecule has 4 heteroatoms. The first-order valence-electron chi connectivity index (χ1n) is 6.18. The summed E-state index contributed by atoms with van der Waals surface area (Å²) in [6.07, 6.45) is 2.17. The lowest BCUT2D eigenvalue weighted by molar-refractivity contribution is 0.192. The van der Waals surface area contributed by atoms with Crippen LogP contribution in [0.4, 0.5) is 0 Å². The maximum Gasteiger partial charge on any atom is 0.199 e. The van der Waals surface area contributed by atoms with Gasteiger partial charge in [0, 0.05) is 31.2 Å². The Morgan fingerprint density at radius 1 is 1.28 bits per heavy atom. The molecule has 98 valence electrons. The smallest absolute Gasteiger partial charge is 0.199 e. The molecular formula is C14H18ClNO2. The van der Waals surface area contributed by atoms with Gasteiger partial charge in [0.1, 0.15) is 5.58 Å². The van der Waals surface area contributed by atoms with E-state index in [0.29, 0.717) is 5.22 Å². The minimum atomic E-state index is 0.487. The van der Waals surface area contributed by atoms with E-state index in [0.717, 1.165) is 49.1 Å². The number of unbranched alkanes of at least 4 members (excludes halogenated alkanes) is 1. The molecule has 0 atom stereocenters. The van der Waals surface area contributed by atoms with E-state index in [1.807, 2.05) is 24.3 Å². The second-order valence-corrected chi connectivity index (χ2v) is 4.57. The lowest BCUT2D eigenvalue weighted by Gasteiger charge is -2.03.